The van der Waals surface area contributed by atoms with Crippen LogP contribution in [-0.4, -0.2) is 31.5 Å². The van der Waals surface area contributed by atoms with Crippen molar-refractivity contribution in [3.8, 4) is 5.75 Å². The highest BCUT2D eigenvalue weighted by atomic mass is 19.3. The Hall–Kier alpha value is -2.18. The van der Waals surface area contributed by atoms with Gasteiger partial charge < -0.3 is 15.4 Å². The fraction of sp³-hybridized carbons (Fsp3) is 0.467. The van der Waals surface area contributed by atoms with Gasteiger partial charge in [-0.2, -0.15) is 8.78 Å². The van der Waals surface area contributed by atoms with E-state index < -0.39 is 6.61 Å². The molecule has 1 rings (SSSR count). The minimum Gasteiger partial charge on any atom is -0.435 e. The predicted octanol–water partition coefficient (Wildman–Crippen LogP) is 1.72. The van der Waals surface area contributed by atoms with Crippen LogP contribution in [0.4, 0.5) is 8.78 Å². The molecule has 0 unspecified atom stereocenters. The first-order chi connectivity index (χ1) is 10.4. The molecule has 7 heteroatoms. The molecule has 0 aliphatic heterocycles. The number of rotatable bonds is 8. The summed E-state index contributed by atoms with van der Waals surface area (Å²) >= 11 is 0. The molecule has 0 bridgehead atoms. The van der Waals surface area contributed by atoms with Crippen molar-refractivity contribution >= 4 is 11.8 Å². The van der Waals surface area contributed by atoms with E-state index in [9.17, 15) is 18.4 Å². The number of hydrogen-bond acceptors (Lipinski definition) is 3. The second kappa shape index (κ2) is 8.96. The number of nitrogens with one attached hydrogen (secondary N) is 2. The van der Waals surface area contributed by atoms with E-state index in [-0.39, 0.29) is 29.9 Å². The molecule has 122 valence electrons. The van der Waals surface area contributed by atoms with Gasteiger partial charge in [-0.1, -0.05) is 26.0 Å². The van der Waals surface area contributed by atoms with Gasteiger partial charge >= 0.3 is 6.61 Å². The molecule has 2 amide bonds. The van der Waals surface area contributed by atoms with Gasteiger partial charge in [0.15, 0.2) is 0 Å². The Morgan fingerprint density at radius 3 is 2.23 bits per heavy atom. The molecule has 22 heavy (non-hydrogen) atoms. The van der Waals surface area contributed by atoms with E-state index in [0.29, 0.717) is 18.7 Å². The van der Waals surface area contributed by atoms with Crippen LogP contribution in [0.2, 0.25) is 0 Å². The van der Waals surface area contributed by atoms with Gasteiger partial charge in [-0.15, -0.1) is 0 Å². The molecule has 0 aromatic heterocycles. The third-order valence-electron chi connectivity index (χ3n) is 2.78. The Labute approximate surface area is 128 Å². The number of halogens is 2. The molecule has 0 saturated carbocycles. The van der Waals surface area contributed by atoms with E-state index in [1.165, 1.54) is 12.1 Å². The maximum absolute atomic E-state index is 12.0. The summed E-state index contributed by atoms with van der Waals surface area (Å²) < 4.78 is 28.2. The van der Waals surface area contributed by atoms with Crippen LogP contribution in [-0.2, 0) is 16.0 Å². The Morgan fingerprint density at radius 1 is 1.09 bits per heavy atom. The van der Waals surface area contributed by atoms with Crippen molar-refractivity contribution in [1.82, 2.24) is 10.6 Å². The molecule has 0 saturated heterocycles. The highest BCUT2D eigenvalue weighted by Crippen LogP contribution is 2.15. The van der Waals surface area contributed by atoms with Gasteiger partial charge in [-0.05, 0) is 17.7 Å². The van der Waals surface area contributed by atoms with Crippen molar-refractivity contribution in [1.29, 1.82) is 0 Å². The summed E-state index contributed by atoms with van der Waals surface area (Å²) in [6, 6.07) is 5.88. The zero-order valence-electron chi connectivity index (χ0n) is 12.6. The normalized spacial score (nSPS) is 10.6. The van der Waals surface area contributed by atoms with Crippen LogP contribution < -0.4 is 15.4 Å². The average molecular weight is 314 g/mol. The van der Waals surface area contributed by atoms with Crippen molar-refractivity contribution in [3.63, 3.8) is 0 Å². The number of benzene rings is 1. The SMILES string of the molecule is CC(C)C(=O)NCCNC(=O)Cc1ccc(OC(F)F)cc1. The molecule has 1 aromatic carbocycles. The maximum atomic E-state index is 12.0. The van der Waals surface area contributed by atoms with E-state index in [4.69, 9.17) is 0 Å². The summed E-state index contributed by atoms with van der Waals surface area (Å²) in [4.78, 5) is 23.0. The fourth-order valence-corrected chi connectivity index (χ4v) is 1.63. The number of alkyl halides is 2. The lowest BCUT2D eigenvalue weighted by Gasteiger charge is -2.09. The molecular weight excluding hydrogens is 294 g/mol. The predicted molar refractivity (Wildman–Crippen MR) is 77.6 cm³/mol. The fourth-order valence-electron chi connectivity index (χ4n) is 1.63. The summed E-state index contributed by atoms with van der Waals surface area (Å²) in [5.74, 6) is -0.314. The van der Waals surface area contributed by atoms with Crippen LogP contribution in [0.1, 0.15) is 19.4 Å². The molecule has 0 atom stereocenters. The van der Waals surface area contributed by atoms with Gasteiger partial charge in [-0.3, -0.25) is 9.59 Å². The Bertz CT molecular complexity index is 490. The maximum Gasteiger partial charge on any atom is 0.387 e. The van der Waals surface area contributed by atoms with Crippen LogP contribution in [0.3, 0.4) is 0 Å². The third-order valence-corrected chi connectivity index (χ3v) is 2.78. The lowest BCUT2D eigenvalue weighted by molar-refractivity contribution is -0.124. The van der Waals surface area contributed by atoms with Crippen LogP contribution in [0.5, 0.6) is 5.75 Å². The molecule has 0 spiro atoms. The van der Waals surface area contributed by atoms with Crippen molar-refractivity contribution in [2.45, 2.75) is 26.9 Å². The van der Waals surface area contributed by atoms with E-state index in [0.717, 1.165) is 0 Å². The first-order valence-corrected chi connectivity index (χ1v) is 6.96. The molecule has 2 N–H and O–H groups in total. The van der Waals surface area contributed by atoms with Crippen LogP contribution in [0, 0.1) is 5.92 Å². The average Bonchev–Trinajstić information content (AvgIpc) is 2.44. The quantitative estimate of drug-likeness (QED) is 0.718. The summed E-state index contributed by atoms with van der Waals surface area (Å²) in [7, 11) is 0. The Kier molecular flexibility index (Phi) is 7.28. The summed E-state index contributed by atoms with van der Waals surface area (Å²) in [6.07, 6.45) is 0.132. The summed E-state index contributed by atoms with van der Waals surface area (Å²) in [6.45, 7) is 1.41. The van der Waals surface area contributed by atoms with Gasteiger partial charge in [0, 0.05) is 19.0 Å². The standard InChI is InChI=1S/C15H20F2N2O3/c1-10(2)14(21)19-8-7-18-13(20)9-11-3-5-12(6-4-11)22-15(16)17/h3-6,10,15H,7-9H2,1-2H3,(H,18,20)(H,19,21). The van der Waals surface area contributed by atoms with Crippen molar-refractivity contribution in [2.24, 2.45) is 5.92 Å². The van der Waals surface area contributed by atoms with E-state index in [1.807, 2.05) is 0 Å². The van der Waals surface area contributed by atoms with Crippen LogP contribution in [0.25, 0.3) is 0 Å². The van der Waals surface area contributed by atoms with Crippen molar-refractivity contribution < 1.29 is 23.1 Å². The van der Waals surface area contributed by atoms with E-state index >= 15 is 0 Å². The minimum atomic E-state index is -2.87. The zero-order chi connectivity index (χ0) is 16.5. The molecule has 0 aliphatic carbocycles. The number of amides is 2. The molecule has 0 heterocycles. The Morgan fingerprint density at radius 2 is 1.68 bits per heavy atom. The van der Waals surface area contributed by atoms with Crippen molar-refractivity contribution in [2.75, 3.05) is 13.1 Å². The van der Waals surface area contributed by atoms with Crippen molar-refractivity contribution in [3.05, 3.63) is 29.8 Å². The highest BCUT2D eigenvalue weighted by Gasteiger charge is 2.07. The first kappa shape index (κ1) is 17.9. The van der Waals surface area contributed by atoms with E-state index in [2.05, 4.69) is 15.4 Å². The molecule has 0 aliphatic rings. The largest absolute Gasteiger partial charge is 0.435 e. The smallest absolute Gasteiger partial charge is 0.387 e. The second-order valence-corrected chi connectivity index (χ2v) is 4.99. The van der Waals surface area contributed by atoms with Gasteiger partial charge in [0.25, 0.3) is 0 Å². The number of carbonyl (C=O) groups is 2. The van der Waals surface area contributed by atoms with Gasteiger partial charge in [0.2, 0.25) is 11.8 Å². The number of carbonyl (C=O) groups excluding carboxylic acids is 2. The molecule has 0 fully saturated rings. The molecule has 0 radical (unpaired) electrons. The molecular formula is C15H20F2N2O3. The van der Waals surface area contributed by atoms with Gasteiger partial charge in [0.1, 0.15) is 5.75 Å². The van der Waals surface area contributed by atoms with Gasteiger partial charge in [0.05, 0.1) is 6.42 Å². The molecule has 5 nitrogen and oxygen atoms in total. The third kappa shape index (κ3) is 7.01. The first-order valence-electron chi connectivity index (χ1n) is 6.96. The van der Waals surface area contributed by atoms with E-state index in [1.54, 1.807) is 26.0 Å². The monoisotopic (exact) mass is 314 g/mol. The molecule has 1 aromatic rings. The van der Waals surface area contributed by atoms with Crippen LogP contribution >= 0.6 is 0 Å². The van der Waals surface area contributed by atoms with Crippen LogP contribution in [0.15, 0.2) is 24.3 Å². The lowest BCUT2D eigenvalue weighted by atomic mass is 10.1. The number of hydrogen-bond donors (Lipinski definition) is 2. The number of ether oxygens (including phenoxy) is 1. The minimum absolute atomic E-state index is 0.0514. The summed E-state index contributed by atoms with van der Waals surface area (Å²) in [5.41, 5.74) is 0.685. The zero-order valence-corrected chi connectivity index (χ0v) is 12.6. The summed E-state index contributed by atoms with van der Waals surface area (Å²) in [5, 5.41) is 5.35. The lowest BCUT2D eigenvalue weighted by Crippen LogP contribution is -2.36. The highest BCUT2D eigenvalue weighted by molar-refractivity contribution is 5.79. The topological polar surface area (TPSA) is 67.4 Å². The van der Waals surface area contributed by atoms with Gasteiger partial charge in [-0.25, -0.2) is 0 Å². The second-order valence-electron chi connectivity index (χ2n) is 4.99. The Balaban J connectivity index is 2.28.